The number of carbonyl (C=O) groups excluding carboxylic acids is 2. The van der Waals surface area contributed by atoms with Crippen molar-refractivity contribution in [2.24, 2.45) is 0 Å². The minimum Gasteiger partial charge on any atom is -0.298 e. The van der Waals surface area contributed by atoms with Crippen molar-refractivity contribution in [1.29, 1.82) is 0 Å². The maximum atomic E-state index is 10.6. The van der Waals surface area contributed by atoms with Crippen molar-refractivity contribution >= 4 is 41.0 Å². The van der Waals surface area contributed by atoms with Gasteiger partial charge in [0.15, 0.2) is 12.6 Å². The molecule has 0 atom stereocenters. The Kier molecular flexibility index (Phi) is 3.64. The highest BCUT2D eigenvalue weighted by Gasteiger charge is 2.17. The molecular weight excluding hydrogens is 240 g/mol. The Morgan fingerprint density at radius 3 is 2.38 bits per heavy atom. The van der Waals surface area contributed by atoms with Gasteiger partial charge in [-0.1, -0.05) is 53.9 Å². The highest BCUT2D eigenvalue weighted by molar-refractivity contribution is 8.31. The molecule has 1 aromatic carbocycles. The lowest BCUT2D eigenvalue weighted by molar-refractivity contribution is -0.109. The molecule has 2 nitrogen and oxygen atoms in total. The second-order valence-electron chi connectivity index (χ2n) is 3.05. The van der Waals surface area contributed by atoms with E-state index in [9.17, 15) is 9.59 Å². The molecule has 0 spiro atoms. The van der Waals surface area contributed by atoms with Crippen molar-refractivity contribution < 1.29 is 9.59 Å². The molecule has 1 aromatic rings. The molecule has 0 fully saturated rings. The molecule has 0 aliphatic carbocycles. The summed E-state index contributed by atoms with van der Waals surface area (Å²) in [6, 6.07) is 9.89. The predicted molar refractivity (Wildman–Crippen MR) is 68.8 cm³/mol. The fourth-order valence-corrected chi connectivity index (χ4v) is 3.43. The van der Waals surface area contributed by atoms with Gasteiger partial charge < -0.3 is 0 Å². The summed E-state index contributed by atoms with van der Waals surface area (Å²) in [5.41, 5.74) is 1.32. The number of thioether (sulfide) groups is 2. The molecule has 16 heavy (non-hydrogen) atoms. The van der Waals surface area contributed by atoms with Gasteiger partial charge in [0.2, 0.25) is 0 Å². The summed E-state index contributed by atoms with van der Waals surface area (Å²) in [6.45, 7) is 0. The van der Waals surface area contributed by atoms with Crippen LogP contribution in [0.5, 0.6) is 0 Å². The van der Waals surface area contributed by atoms with Gasteiger partial charge in [0, 0.05) is 4.91 Å². The van der Waals surface area contributed by atoms with Crippen LogP contribution >= 0.6 is 23.5 Å². The van der Waals surface area contributed by atoms with Gasteiger partial charge >= 0.3 is 0 Å². The van der Waals surface area contributed by atoms with Crippen LogP contribution in [0.2, 0.25) is 0 Å². The van der Waals surface area contributed by atoms with Crippen LogP contribution in [0, 0.1) is 0 Å². The molecule has 0 bridgehead atoms. The fourth-order valence-electron chi connectivity index (χ4n) is 1.24. The molecule has 2 rings (SSSR count). The number of hydrogen-bond acceptors (Lipinski definition) is 4. The molecule has 1 aliphatic rings. The molecule has 0 saturated carbocycles. The number of carbonyl (C=O) groups is 2. The van der Waals surface area contributed by atoms with Gasteiger partial charge in [-0.3, -0.25) is 9.59 Å². The summed E-state index contributed by atoms with van der Waals surface area (Å²) in [7, 11) is 0. The minimum atomic E-state index is 0.220. The second kappa shape index (κ2) is 5.18. The normalized spacial score (nSPS) is 14.5. The van der Waals surface area contributed by atoms with Gasteiger partial charge in [0.1, 0.15) is 0 Å². The zero-order valence-corrected chi connectivity index (χ0v) is 9.88. The quantitative estimate of drug-likeness (QED) is 0.356. The van der Waals surface area contributed by atoms with Crippen LogP contribution in [0.4, 0.5) is 0 Å². The first-order valence-electron chi connectivity index (χ1n) is 4.60. The van der Waals surface area contributed by atoms with E-state index in [2.05, 4.69) is 0 Å². The molecule has 0 saturated heterocycles. The number of aldehydes is 2. The first kappa shape index (κ1) is 11.2. The summed E-state index contributed by atoms with van der Waals surface area (Å²) in [5, 5.41) is 1.96. The third kappa shape index (κ3) is 2.28. The highest BCUT2D eigenvalue weighted by Crippen LogP contribution is 2.49. The lowest BCUT2D eigenvalue weighted by atomic mass is 10.2. The van der Waals surface area contributed by atoms with Crippen LogP contribution in [0.25, 0.3) is 4.91 Å². The van der Waals surface area contributed by atoms with Crippen molar-refractivity contribution in [3.05, 3.63) is 51.1 Å². The van der Waals surface area contributed by atoms with E-state index in [0.717, 1.165) is 14.7 Å². The number of rotatable bonds is 3. The largest absolute Gasteiger partial charge is 0.298 e. The predicted octanol–water partition coefficient (Wildman–Crippen LogP) is 3.07. The average Bonchev–Trinajstić information content (AvgIpc) is 2.81. The third-order valence-corrected chi connectivity index (χ3v) is 4.51. The van der Waals surface area contributed by atoms with E-state index in [1.807, 2.05) is 35.7 Å². The van der Waals surface area contributed by atoms with Crippen LogP contribution in [0.15, 0.2) is 45.6 Å². The van der Waals surface area contributed by atoms with E-state index in [-0.39, 0.29) is 5.57 Å². The summed E-state index contributed by atoms with van der Waals surface area (Å²) >= 11 is 2.88. The topological polar surface area (TPSA) is 34.1 Å². The van der Waals surface area contributed by atoms with Crippen LogP contribution in [0.1, 0.15) is 5.56 Å². The first-order chi connectivity index (χ1) is 7.85. The van der Waals surface area contributed by atoms with Crippen molar-refractivity contribution in [3.8, 4) is 0 Å². The van der Waals surface area contributed by atoms with Gasteiger partial charge in [-0.2, -0.15) is 0 Å². The molecule has 4 heteroatoms. The smallest absolute Gasteiger partial charge is 0.155 e. The number of benzene rings is 1. The average molecular weight is 248 g/mol. The fraction of sp³-hybridized carbons (Fsp3) is 0. The Hall–Kier alpha value is -1.26. The SMILES string of the molecule is O=CC(C=O)=C1SC=C(c2ccccc2)S1. The molecule has 1 aliphatic heterocycles. The van der Waals surface area contributed by atoms with Crippen molar-refractivity contribution in [2.75, 3.05) is 0 Å². The zero-order valence-electron chi connectivity index (χ0n) is 8.25. The summed E-state index contributed by atoms with van der Waals surface area (Å²) in [4.78, 5) is 22.3. The molecule has 1 heterocycles. The van der Waals surface area contributed by atoms with Crippen LogP contribution < -0.4 is 0 Å². The zero-order chi connectivity index (χ0) is 11.4. The second-order valence-corrected chi connectivity index (χ2v) is 5.24. The summed E-state index contributed by atoms with van der Waals surface area (Å²) in [6.07, 6.45) is 1.20. The van der Waals surface area contributed by atoms with Crippen molar-refractivity contribution in [2.45, 2.75) is 0 Å². The van der Waals surface area contributed by atoms with E-state index in [1.54, 1.807) is 0 Å². The van der Waals surface area contributed by atoms with E-state index in [0.29, 0.717) is 12.6 Å². The monoisotopic (exact) mass is 248 g/mol. The summed E-state index contributed by atoms with van der Waals surface area (Å²) in [5.74, 6) is 0. The Morgan fingerprint density at radius 1 is 1.06 bits per heavy atom. The van der Waals surface area contributed by atoms with Gasteiger partial charge in [0.05, 0.1) is 9.81 Å². The van der Waals surface area contributed by atoms with E-state index < -0.39 is 0 Å². The minimum absolute atomic E-state index is 0.220. The molecular formula is C12H8O2S2. The maximum absolute atomic E-state index is 10.6. The lowest BCUT2D eigenvalue weighted by Crippen LogP contribution is -1.87. The van der Waals surface area contributed by atoms with E-state index in [1.165, 1.54) is 23.5 Å². The third-order valence-electron chi connectivity index (χ3n) is 2.02. The number of allylic oxidation sites excluding steroid dienone is 1. The Bertz CT molecular complexity index is 465. The lowest BCUT2D eigenvalue weighted by Gasteiger charge is -2.00. The first-order valence-corrected chi connectivity index (χ1v) is 6.29. The van der Waals surface area contributed by atoms with Gasteiger partial charge in [-0.15, -0.1) is 0 Å². The standard InChI is InChI=1S/C12H8O2S2/c13-6-10(7-14)12-15-8-11(16-12)9-4-2-1-3-5-9/h1-8H. The summed E-state index contributed by atoms with van der Waals surface area (Å²) < 4.78 is 0.754. The molecule has 80 valence electrons. The molecule has 0 radical (unpaired) electrons. The molecule has 0 amide bonds. The van der Waals surface area contributed by atoms with Crippen LogP contribution in [0.3, 0.4) is 0 Å². The Morgan fingerprint density at radius 2 is 1.75 bits per heavy atom. The van der Waals surface area contributed by atoms with Crippen LogP contribution in [-0.4, -0.2) is 12.6 Å². The maximum Gasteiger partial charge on any atom is 0.155 e. The highest BCUT2D eigenvalue weighted by atomic mass is 32.2. The Balaban J connectivity index is 2.23. The molecule has 0 unspecified atom stereocenters. The van der Waals surface area contributed by atoms with Gasteiger partial charge in [-0.25, -0.2) is 0 Å². The molecule has 0 N–H and O–H groups in total. The number of hydrogen-bond donors (Lipinski definition) is 0. The van der Waals surface area contributed by atoms with E-state index >= 15 is 0 Å². The van der Waals surface area contributed by atoms with Gasteiger partial charge in [-0.05, 0) is 11.0 Å². The van der Waals surface area contributed by atoms with Crippen molar-refractivity contribution in [1.82, 2.24) is 0 Å². The Labute approximate surface area is 102 Å². The van der Waals surface area contributed by atoms with Crippen molar-refractivity contribution in [3.63, 3.8) is 0 Å². The van der Waals surface area contributed by atoms with E-state index in [4.69, 9.17) is 0 Å². The van der Waals surface area contributed by atoms with Gasteiger partial charge in [0.25, 0.3) is 0 Å². The van der Waals surface area contributed by atoms with Crippen LogP contribution in [-0.2, 0) is 9.59 Å². The molecule has 0 aromatic heterocycles.